The van der Waals surface area contributed by atoms with Gasteiger partial charge in [-0.3, -0.25) is 4.68 Å². The summed E-state index contributed by atoms with van der Waals surface area (Å²) in [5.41, 5.74) is -1.98. The molecular formula is C19H20F4N4O2. The van der Waals surface area contributed by atoms with Gasteiger partial charge in [-0.15, -0.1) is 0 Å². The summed E-state index contributed by atoms with van der Waals surface area (Å²) < 4.78 is 58.8. The summed E-state index contributed by atoms with van der Waals surface area (Å²) in [5.74, 6) is -1.42. The maximum atomic E-state index is 13.8. The standard InChI is InChI=1S/C19H20F4N4O2/c1-16(2,3)29-15(28)26-17-8-18(9-17,10-17)27-7-12(6-25-27)11-4-13(20)14(24-5-11)19(21,22)23/h4-7H,8-10H2,1-3H3,(H,26,28). The SMILES string of the molecule is CC(C)(C)OC(=O)NC12CC(n3cc(-c4cnc(C(F)(F)F)c(F)c4)cn3)(C1)C2. The average Bonchev–Trinajstić information content (AvgIpc) is 2.95. The van der Waals surface area contributed by atoms with Crippen molar-refractivity contribution in [3.05, 3.63) is 36.2 Å². The van der Waals surface area contributed by atoms with Crippen molar-refractivity contribution in [2.75, 3.05) is 0 Å². The summed E-state index contributed by atoms with van der Waals surface area (Å²) in [7, 11) is 0. The maximum absolute atomic E-state index is 13.8. The van der Waals surface area contributed by atoms with E-state index < -0.39 is 29.4 Å². The molecule has 6 nitrogen and oxygen atoms in total. The van der Waals surface area contributed by atoms with Gasteiger partial charge in [-0.25, -0.2) is 14.2 Å². The van der Waals surface area contributed by atoms with Crippen molar-refractivity contribution in [3.8, 4) is 11.1 Å². The van der Waals surface area contributed by atoms with Crippen molar-refractivity contribution in [2.45, 2.75) is 62.9 Å². The third-order valence-corrected chi connectivity index (χ3v) is 5.28. The second-order valence-corrected chi connectivity index (χ2v) is 8.89. The molecule has 1 amide bonds. The Bertz CT molecular complexity index is 958. The van der Waals surface area contributed by atoms with E-state index in [9.17, 15) is 22.4 Å². The van der Waals surface area contributed by atoms with Crippen molar-refractivity contribution in [1.29, 1.82) is 0 Å². The van der Waals surface area contributed by atoms with Crippen LogP contribution in [0, 0.1) is 5.82 Å². The largest absolute Gasteiger partial charge is 0.444 e. The van der Waals surface area contributed by atoms with Crippen molar-refractivity contribution >= 4 is 6.09 Å². The van der Waals surface area contributed by atoms with Crippen LogP contribution in [0.1, 0.15) is 45.7 Å². The molecule has 156 valence electrons. The molecule has 2 bridgehead atoms. The molecule has 2 heterocycles. The molecule has 0 radical (unpaired) electrons. The van der Waals surface area contributed by atoms with Gasteiger partial charge in [-0.2, -0.15) is 18.3 Å². The lowest BCUT2D eigenvalue weighted by Gasteiger charge is -2.69. The number of carbonyl (C=O) groups is 1. The average molecular weight is 412 g/mol. The van der Waals surface area contributed by atoms with Crippen molar-refractivity contribution in [2.24, 2.45) is 0 Å². The highest BCUT2D eigenvalue weighted by Gasteiger charge is 2.70. The Morgan fingerprint density at radius 3 is 2.38 bits per heavy atom. The summed E-state index contributed by atoms with van der Waals surface area (Å²) in [5, 5.41) is 7.20. The molecule has 0 unspecified atom stereocenters. The second-order valence-electron chi connectivity index (χ2n) is 8.89. The molecule has 2 aromatic heterocycles. The Labute approximate surface area is 164 Å². The number of hydrogen-bond acceptors (Lipinski definition) is 4. The van der Waals surface area contributed by atoms with Crippen LogP contribution >= 0.6 is 0 Å². The minimum absolute atomic E-state index is 0.218. The van der Waals surface area contributed by atoms with Crippen LogP contribution in [0.3, 0.4) is 0 Å². The van der Waals surface area contributed by atoms with E-state index in [1.807, 2.05) is 0 Å². The van der Waals surface area contributed by atoms with Gasteiger partial charge in [0.2, 0.25) is 0 Å². The fourth-order valence-corrected chi connectivity index (χ4v) is 4.17. The third kappa shape index (κ3) is 3.44. The maximum Gasteiger partial charge on any atom is 0.436 e. The quantitative estimate of drug-likeness (QED) is 0.765. The number of aromatic nitrogens is 3. The number of pyridine rings is 1. The zero-order valence-corrected chi connectivity index (χ0v) is 16.1. The number of hydrogen-bond donors (Lipinski definition) is 1. The first-order valence-electron chi connectivity index (χ1n) is 9.10. The van der Waals surface area contributed by atoms with Gasteiger partial charge in [0, 0.05) is 23.5 Å². The number of alkyl carbamates (subject to hydrolysis) is 1. The molecule has 3 saturated carbocycles. The summed E-state index contributed by atoms with van der Waals surface area (Å²) in [6.07, 6.45) is 0.867. The van der Waals surface area contributed by atoms with Crippen LogP contribution in [0.4, 0.5) is 22.4 Å². The number of rotatable bonds is 3. The minimum atomic E-state index is -4.84. The monoisotopic (exact) mass is 412 g/mol. The van der Waals surface area contributed by atoms with Gasteiger partial charge < -0.3 is 10.1 Å². The van der Waals surface area contributed by atoms with Crippen molar-refractivity contribution in [1.82, 2.24) is 20.1 Å². The highest BCUT2D eigenvalue weighted by molar-refractivity contribution is 5.70. The van der Waals surface area contributed by atoms with Crippen LogP contribution in [0.25, 0.3) is 11.1 Å². The zero-order valence-electron chi connectivity index (χ0n) is 16.1. The van der Waals surface area contributed by atoms with Crippen LogP contribution in [-0.4, -0.2) is 32.0 Å². The summed E-state index contributed by atoms with van der Waals surface area (Å²) in [4.78, 5) is 15.2. The van der Waals surface area contributed by atoms with E-state index in [1.165, 1.54) is 6.20 Å². The fourth-order valence-electron chi connectivity index (χ4n) is 4.17. The van der Waals surface area contributed by atoms with Gasteiger partial charge in [0.25, 0.3) is 0 Å². The molecule has 0 atom stereocenters. The van der Waals surface area contributed by atoms with Gasteiger partial charge in [-0.1, -0.05) is 0 Å². The number of carbonyl (C=O) groups excluding carboxylic acids is 1. The second kappa shape index (κ2) is 5.93. The van der Waals surface area contributed by atoms with Crippen molar-refractivity contribution in [3.63, 3.8) is 0 Å². The van der Waals surface area contributed by atoms with E-state index in [2.05, 4.69) is 15.4 Å². The molecule has 3 aliphatic carbocycles. The van der Waals surface area contributed by atoms with Crippen LogP contribution in [-0.2, 0) is 16.5 Å². The number of ether oxygens (including phenoxy) is 1. The molecule has 10 heteroatoms. The summed E-state index contributed by atoms with van der Waals surface area (Å²) in [6.45, 7) is 5.38. The lowest BCUT2D eigenvalue weighted by Crippen LogP contribution is -2.79. The van der Waals surface area contributed by atoms with Gasteiger partial charge in [0.05, 0.1) is 17.3 Å². The summed E-state index contributed by atoms with van der Waals surface area (Å²) in [6, 6.07) is 0.810. The van der Waals surface area contributed by atoms with Crippen LogP contribution in [0.2, 0.25) is 0 Å². The predicted molar refractivity (Wildman–Crippen MR) is 94.3 cm³/mol. The molecule has 29 heavy (non-hydrogen) atoms. The Kier molecular flexibility index (Phi) is 4.02. The number of amides is 1. The van der Waals surface area contributed by atoms with Crippen molar-refractivity contribution < 1.29 is 27.1 Å². The van der Waals surface area contributed by atoms with Crippen LogP contribution in [0.5, 0.6) is 0 Å². The number of alkyl halides is 3. The van der Waals surface area contributed by atoms with E-state index in [0.717, 1.165) is 12.3 Å². The topological polar surface area (TPSA) is 69.0 Å². The molecule has 3 fully saturated rings. The minimum Gasteiger partial charge on any atom is -0.444 e. The zero-order chi connectivity index (χ0) is 21.2. The normalized spacial score (nSPS) is 25.8. The van der Waals surface area contributed by atoms with E-state index in [4.69, 9.17) is 4.74 Å². The Morgan fingerprint density at radius 1 is 1.17 bits per heavy atom. The highest BCUT2D eigenvalue weighted by atomic mass is 19.4. The third-order valence-electron chi connectivity index (χ3n) is 5.28. The first kappa shape index (κ1) is 19.7. The fraction of sp³-hybridized carbons (Fsp3) is 0.526. The van der Waals surface area contributed by atoms with E-state index >= 15 is 0 Å². The number of nitrogens with zero attached hydrogens (tertiary/aromatic N) is 3. The van der Waals surface area contributed by atoms with E-state index in [1.54, 1.807) is 31.6 Å². The first-order valence-corrected chi connectivity index (χ1v) is 9.10. The van der Waals surface area contributed by atoms with Crippen LogP contribution < -0.4 is 5.32 Å². The molecule has 5 rings (SSSR count). The molecule has 0 saturated heterocycles. The van der Waals surface area contributed by atoms with E-state index in [-0.39, 0.29) is 16.6 Å². The van der Waals surface area contributed by atoms with Gasteiger partial charge in [0.15, 0.2) is 11.5 Å². The Hall–Kier alpha value is -2.65. The molecular weight excluding hydrogens is 392 g/mol. The molecule has 2 aromatic rings. The highest BCUT2D eigenvalue weighted by Crippen LogP contribution is 2.65. The molecule has 0 spiro atoms. The van der Waals surface area contributed by atoms with E-state index in [0.29, 0.717) is 24.8 Å². The van der Waals surface area contributed by atoms with Gasteiger partial charge in [0.1, 0.15) is 5.60 Å². The molecule has 0 aliphatic heterocycles. The Morgan fingerprint density at radius 2 is 1.83 bits per heavy atom. The molecule has 3 aliphatic rings. The van der Waals surface area contributed by atoms with Gasteiger partial charge >= 0.3 is 12.3 Å². The lowest BCUT2D eigenvalue weighted by atomic mass is 9.44. The lowest BCUT2D eigenvalue weighted by molar-refractivity contribution is -0.144. The van der Waals surface area contributed by atoms with Crippen LogP contribution in [0.15, 0.2) is 24.7 Å². The number of halogens is 4. The predicted octanol–water partition coefficient (Wildman–Crippen LogP) is 4.26. The van der Waals surface area contributed by atoms with Gasteiger partial charge in [-0.05, 0) is 46.1 Å². The molecule has 1 N–H and O–H groups in total. The smallest absolute Gasteiger partial charge is 0.436 e. The first-order chi connectivity index (χ1) is 13.3. The number of nitrogens with one attached hydrogen (secondary N) is 1. The Balaban J connectivity index is 1.43. The molecule has 0 aromatic carbocycles. The summed E-state index contributed by atoms with van der Waals surface area (Å²) >= 11 is 0.